The van der Waals surface area contributed by atoms with Gasteiger partial charge >= 0.3 is 5.97 Å². The first-order valence-corrected chi connectivity index (χ1v) is 15.2. The van der Waals surface area contributed by atoms with Gasteiger partial charge in [-0.1, -0.05) is 42.1 Å². The molecule has 4 aromatic rings. The fourth-order valence-electron chi connectivity index (χ4n) is 3.75. The van der Waals surface area contributed by atoms with Crippen molar-refractivity contribution in [2.24, 2.45) is 0 Å². The molecule has 0 unspecified atom stereocenters. The molecule has 2 N–H and O–H groups in total. The Bertz CT molecular complexity index is 1680. The van der Waals surface area contributed by atoms with Crippen molar-refractivity contribution in [3.05, 3.63) is 103 Å². The highest BCUT2D eigenvalue weighted by molar-refractivity contribution is 7.99. The zero-order valence-electron chi connectivity index (χ0n) is 23.4. The molecule has 0 saturated carbocycles. The summed E-state index contributed by atoms with van der Waals surface area (Å²) in [4.78, 5) is 37.7. The minimum atomic E-state index is -3.87. The number of carbonyl (C=O) groups excluding carboxylic acids is 3. The molecule has 0 aliphatic rings. The molecule has 0 bridgehead atoms. The summed E-state index contributed by atoms with van der Waals surface area (Å²) in [5.74, 6) is -1.19. The Morgan fingerprint density at radius 2 is 1.44 bits per heavy atom. The lowest BCUT2D eigenvalue weighted by atomic mass is 10.3. The van der Waals surface area contributed by atoms with Crippen LogP contribution in [0.3, 0.4) is 0 Å². The van der Waals surface area contributed by atoms with Gasteiger partial charge in [-0.25, -0.2) is 13.2 Å². The normalized spacial score (nSPS) is 10.8. The summed E-state index contributed by atoms with van der Waals surface area (Å²) < 4.78 is 37.6. The predicted molar refractivity (Wildman–Crippen MR) is 165 cm³/mol. The number of benzene rings is 4. The van der Waals surface area contributed by atoms with Crippen molar-refractivity contribution in [1.29, 1.82) is 0 Å². The summed E-state index contributed by atoms with van der Waals surface area (Å²) in [6.07, 6.45) is 0. The largest absolute Gasteiger partial charge is 0.482 e. The highest BCUT2D eigenvalue weighted by Gasteiger charge is 2.21. The van der Waals surface area contributed by atoms with Gasteiger partial charge in [-0.05, 0) is 72.8 Å². The van der Waals surface area contributed by atoms with Crippen LogP contribution in [-0.2, 0) is 29.1 Å². The third kappa shape index (κ3) is 8.84. The van der Waals surface area contributed by atoms with Gasteiger partial charge in [-0.2, -0.15) is 0 Å². The van der Waals surface area contributed by atoms with Gasteiger partial charge in [0.25, 0.3) is 15.9 Å². The zero-order valence-corrected chi connectivity index (χ0v) is 25.0. The van der Waals surface area contributed by atoms with Gasteiger partial charge in [0.05, 0.1) is 16.3 Å². The molecule has 222 valence electrons. The first-order chi connectivity index (χ1) is 20.6. The lowest BCUT2D eigenvalue weighted by molar-refractivity contribution is -0.149. The maximum Gasteiger partial charge on any atom is 0.344 e. The van der Waals surface area contributed by atoms with E-state index in [0.717, 1.165) is 14.1 Å². The minimum absolute atomic E-state index is 0.0506. The van der Waals surface area contributed by atoms with Crippen LogP contribution in [0.15, 0.2) is 118 Å². The highest BCUT2D eigenvalue weighted by Crippen LogP contribution is 2.33. The first-order valence-electron chi connectivity index (χ1n) is 13.0. The summed E-state index contributed by atoms with van der Waals surface area (Å²) in [7, 11) is -2.46. The van der Waals surface area contributed by atoms with E-state index in [9.17, 15) is 22.8 Å². The van der Waals surface area contributed by atoms with Crippen molar-refractivity contribution in [1.82, 2.24) is 0 Å². The van der Waals surface area contributed by atoms with Gasteiger partial charge < -0.3 is 20.1 Å². The first kappa shape index (κ1) is 31.1. The Balaban J connectivity index is 1.25. The van der Waals surface area contributed by atoms with Crippen LogP contribution in [0.1, 0.15) is 6.92 Å². The van der Waals surface area contributed by atoms with Crippen molar-refractivity contribution in [3.8, 4) is 5.75 Å². The molecule has 0 saturated heterocycles. The van der Waals surface area contributed by atoms with Crippen LogP contribution in [0.2, 0.25) is 0 Å². The number of anilines is 3. The SMILES string of the molecule is CC(=O)Nc1ccc(S(=O)(=O)N(C)c2ccc(OCC(=O)OCC(=O)Nc3ccccc3Sc3ccccc3)cc2)cc1. The number of para-hydroxylation sites is 1. The summed E-state index contributed by atoms with van der Waals surface area (Å²) >= 11 is 1.50. The number of nitrogens with zero attached hydrogens (tertiary/aromatic N) is 1. The Morgan fingerprint density at radius 3 is 2.12 bits per heavy atom. The predicted octanol–water partition coefficient (Wildman–Crippen LogP) is 5.18. The van der Waals surface area contributed by atoms with E-state index in [4.69, 9.17) is 9.47 Å². The molecule has 0 heterocycles. The molecule has 10 nitrogen and oxygen atoms in total. The van der Waals surface area contributed by atoms with Crippen molar-refractivity contribution in [2.75, 3.05) is 35.2 Å². The Morgan fingerprint density at radius 1 is 0.791 bits per heavy atom. The maximum atomic E-state index is 13.0. The molecule has 0 radical (unpaired) electrons. The summed E-state index contributed by atoms with van der Waals surface area (Å²) in [5.41, 5.74) is 1.45. The average molecular weight is 620 g/mol. The molecule has 12 heteroatoms. The number of rotatable bonds is 12. The van der Waals surface area contributed by atoms with Crippen LogP contribution < -0.4 is 19.7 Å². The quantitative estimate of drug-likeness (QED) is 0.208. The summed E-state index contributed by atoms with van der Waals surface area (Å²) in [5, 5.41) is 5.35. The van der Waals surface area contributed by atoms with Crippen LogP contribution in [0.25, 0.3) is 0 Å². The Labute approximate surface area is 254 Å². The summed E-state index contributed by atoms with van der Waals surface area (Å²) in [6.45, 7) is 0.434. The van der Waals surface area contributed by atoms with Crippen LogP contribution in [0.4, 0.5) is 17.1 Å². The fourth-order valence-corrected chi connectivity index (χ4v) is 5.87. The molecule has 4 rings (SSSR count). The Hall–Kier alpha value is -4.81. The fraction of sp³-hybridized carbons (Fsp3) is 0.129. The van der Waals surface area contributed by atoms with E-state index in [1.165, 1.54) is 74.3 Å². The van der Waals surface area contributed by atoms with Crippen molar-refractivity contribution >= 4 is 56.6 Å². The third-order valence-corrected chi connectivity index (χ3v) is 8.77. The summed E-state index contributed by atoms with van der Waals surface area (Å²) in [6, 6.07) is 29.0. The second kappa shape index (κ2) is 14.4. The number of nitrogens with one attached hydrogen (secondary N) is 2. The van der Waals surface area contributed by atoms with E-state index in [1.54, 1.807) is 12.1 Å². The molecular formula is C31H29N3O7S2. The van der Waals surface area contributed by atoms with Gasteiger partial charge in [0.1, 0.15) is 5.75 Å². The lowest BCUT2D eigenvalue weighted by Crippen LogP contribution is -2.26. The molecule has 0 aliphatic carbocycles. The monoisotopic (exact) mass is 619 g/mol. The van der Waals surface area contributed by atoms with E-state index in [0.29, 0.717) is 22.8 Å². The van der Waals surface area contributed by atoms with Gasteiger partial charge in [0.2, 0.25) is 5.91 Å². The number of hydrogen-bond acceptors (Lipinski definition) is 8. The molecule has 0 atom stereocenters. The number of hydrogen-bond donors (Lipinski definition) is 2. The number of sulfonamides is 1. The molecule has 0 aromatic heterocycles. The topological polar surface area (TPSA) is 131 Å². The smallest absolute Gasteiger partial charge is 0.344 e. The van der Waals surface area contributed by atoms with Gasteiger partial charge in [-0.15, -0.1) is 0 Å². The molecular weight excluding hydrogens is 590 g/mol. The second-order valence-electron chi connectivity index (χ2n) is 9.08. The molecule has 43 heavy (non-hydrogen) atoms. The second-order valence-corrected chi connectivity index (χ2v) is 12.2. The lowest BCUT2D eigenvalue weighted by Gasteiger charge is -2.20. The van der Waals surface area contributed by atoms with Crippen LogP contribution in [-0.4, -0.2) is 46.5 Å². The van der Waals surface area contributed by atoms with Crippen molar-refractivity contribution < 1.29 is 32.3 Å². The van der Waals surface area contributed by atoms with Crippen LogP contribution in [0, 0.1) is 0 Å². The number of esters is 1. The van der Waals surface area contributed by atoms with Gasteiger partial charge in [-0.3, -0.25) is 13.9 Å². The van der Waals surface area contributed by atoms with Gasteiger partial charge in [0.15, 0.2) is 13.2 Å². The van der Waals surface area contributed by atoms with E-state index < -0.39 is 35.1 Å². The van der Waals surface area contributed by atoms with Crippen molar-refractivity contribution in [2.45, 2.75) is 21.6 Å². The Kier molecular flexibility index (Phi) is 10.4. The van der Waals surface area contributed by atoms with Gasteiger partial charge in [0, 0.05) is 29.4 Å². The van der Waals surface area contributed by atoms with E-state index >= 15 is 0 Å². The van der Waals surface area contributed by atoms with Crippen LogP contribution in [0.5, 0.6) is 5.75 Å². The third-order valence-electron chi connectivity index (χ3n) is 5.89. The molecule has 2 amide bonds. The van der Waals surface area contributed by atoms with E-state index in [2.05, 4.69) is 10.6 Å². The minimum Gasteiger partial charge on any atom is -0.482 e. The molecule has 0 spiro atoms. The molecule has 0 fully saturated rings. The number of ether oxygens (including phenoxy) is 2. The molecule has 0 aliphatic heterocycles. The highest BCUT2D eigenvalue weighted by atomic mass is 32.2. The molecule has 4 aromatic carbocycles. The zero-order chi connectivity index (χ0) is 30.8. The number of carbonyl (C=O) groups is 3. The maximum absolute atomic E-state index is 13.0. The standard InChI is InChI=1S/C31H29N3O7S2/c1-22(35)32-23-12-18-27(19-13-23)43(38,39)34(2)24-14-16-25(17-15-24)40-21-31(37)41-20-30(36)33-28-10-6-7-11-29(28)42-26-8-4-3-5-9-26/h3-19H,20-21H2,1-2H3,(H,32,35)(H,33,36). The number of amides is 2. The van der Waals surface area contributed by atoms with Crippen LogP contribution >= 0.6 is 11.8 Å². The van der Waals surface area contributed by atoms with E-state index in [1.807, 2.05) is 42.5 Å². The van der Waals surface area contributed by atoms with Crippen molar-refractivity contribution in [3.63, 3.8) is 0 Å². The van der Waals surface area contributed by atoms with E-state index in [-0.39, 0.29) is 10.8 Å². The average Bonchev–Trinajstić information content (AvgIpc) is 3.00.